The van der Waals surface area contributed by atoms with Crippen LogP contribution >= 0.6 is 46.6 Å². The summed E-state index contributed by atoms with van der Waals surface area (Å²) in [4.78, 5) is 2.87. The van der Waals surface area contributed by atoms with Crippen LogP contribution in [0.4, 0.5) is 18.9 Å². The van der Waals surface area contributed by atoms with Gasteiger partial charge in [-0.3, -0.25) is 4.72 Å². The lowest BCUT2D eigenvalue weighted by molar-refractivity contribution is -0.139. The zero-order valence-corrected chi connectivity index (χ0v) is 23.1. The first-order valence-electron chi connectivity index (χ1n) is 10.8. The van der Waals surface area contributed by atoms with E-state index in [1.54, 1.807) is 18.2 Å². The van der Waals surface area contributed by atoms with Crippen molar-refractivity contribution >= 4 is 62.3 Å². The number of ether oxygens (including phenoxy) is 1. The summed E-state index contributed by atoms with van der Waals surface area (Å²) in [5, 5.41) is 0.770. The SMILES string of the molecule is CN1CCC(Oc2cc(NS(=O)(=O)c3ccc(Sc4c(Cl)cccc4Cl)cc3Cl)ccc2C(F)(F)F)C1. The van der Waals surface area contributed by atoms with Crippen molar-refractivity contribution in [2.45, 2.75) is 33.4 Å². The molecule has 1 heterocycles. The molecule has 1 unspecified atom stereocenters. The molecule has 0 aromatic heterocycles. The van der Waals surface area contributed by atoms with Crippen LogP contribution in [0.2, 0.25) is 15.1 Å². The Hall–Kier alpha value is -1.82. The van der Waals surface area contributed by atoms with Gasteiger partial charge in [0, 0.05) is 28.9 Å². The number of benzene rings is 3. The fourth-order valence-electron chi connectivity index (χ4n) is 3.76. The van der Waals surface area contributed by atoms with E-state index >= 15 is 0 Å². The lowest BCUT2D eigenvalue weighted by atomic mass is 10.1. The lowest BCUT2D eigenvalue weighted by Crippen LogP contribution is -2.23. The third kappa shape index (κ3) is 6.79. The van der Waals surface area contributed by atoms with E-state index in [-0.39, 0.29) is 15.6 Å². The number of halogens is 6. The summed E-state index contributed by atoms with van der Waals surface area (Å²) in [6.45, 7) is 1.15. The minimum Gasteiger partial charge on any atom is -0.488 e. The number of nitrogens with one attached hydrogen (secondary N) is 1. The minimum atomic E-state index is -4.67. The van der Waals surface area contributed by atoms with Gasteiger partial charge in [-0.05, 0) is 55.9 Å². The number of sulfonamides is 1. The molecular formula is C24H20Cl3F3N2O3S2. The number of anilines is 1. The molecule has 0 aliphatic carbocycles. The van der Waals surface area contributed by atoms with Crippen LogP contribution in [0.25, 0.3) is 0 Å². The predicted octanol–water partition coefficient (Wildman–Crippen LogP) is 7.70. The molecule has 1 atom stereocenters. The first-order valence-corrected chi connectivity index (χ1v) is 14.3. The van der Waals surface area contributed by atoms with E-state index in [0.29, 0.717) is 39.3 Å². The topological polar surface area (TPSA) is 58.6 Å². The van der Waals surface area contributed by atoms with Gasteiger partial charge in [-0.2, -0.15) is 13.2 Å². The van der Waals surface area contributed by atoms with Gasteiger partial charge in [0.1, 0.15) is 16.7 Å². The first-order chi connectivity index (χ1) is 17.3. The molecule has 198 valence electrons. The summed E-state index contributed by atoms with van der Waals surface area (Å²) in [6.07, 6.45) is -4.55. The third-order valence-electron chi connectivity index (χ3n) is 5.51. The van der Waals surface area contributed by atoms with Gasteiger partial charge in [-0.1, -0.05) is 52.6 Å². The van der Waals surface area contributed by atoms with Crippen molar-refractivity contribution in [3.05, 3.63) is 75.2 Å². The zero-order chi connectivity index (χ0) is 27.0. The fourth-order valence-corrected chi connectivity index (χ4v) is 6.93. The van der Waals surface area contributed by atoms with Crippen LogP contribution in [-0.2, 0) is 16.2 Å². The molecule has 37 heavy (non-hydrogen) atoms. The van der Waals surface area contributed by atoms with Gasteiger partial charge in [0.15, 0.2) is 0 Å². The Morgan fingerprint density at radius 1 is 1.03 bits per heavy atom. The van der Waals surface area contributed by atoms with E-state index in [1.807, 2.05) is 11.9 Å². The molecule has 0 spiro atoms. The normalized spacial score (nSPS) is 16.7. The van der Waals surface area contributed by atoms with Gasteiger partial charge in [-0.15, -0.1) is 0 Å². The van der Waals surface area contributed by atoms with E-state index in [2.05, 4.69) is 4.72 Å². The molecule has 0 saturated carbocycles. The van der Waals surface area contributed by atoms with Crippen LogP contribution in [0.1, 0.15) is 12.0 Å². The van der Waals surface area contributed by atoms with Crippen LogP contribution in [0, 0.1) is 0 Å². The van der Waals surface area contributed by atoms with Crippen LogP contribution in [0.3, 0.4) is 0 Å². The third-order valence-corrected chi connectivity index (χ3v) is 9.36. The molecule has 3 aromatic rings. The van der Waals surface area contributed by atoms with Gasteiger partial charge in [0.25, 0.3) is 10.0 Å². The Kier molecular flexibility index (Phi) is 8.47. The summed E-state index contributed by atoms with van der Waals surface area (Å²) >= 11 is 19.9. The molecule has 3 aromatic carbocycles. The number of hydrogen-bond donors (Lipinski definition) is 1. The molecule has 13 heteroatoms. The molecule has 1 saturated heterocycles. The summed E-state index contributed by atoms with van der Waals surface area (Å²) < 4.78 is 74.8. The number of nitrogens with zero attached hydrogens (tertiary/aromatic N) is 1. The summed E-state index contributed by atoms with van der Waals surface area (Å²) in [6, 6.07) is 12.2. The van der Waals surface area contributed by atoms with Gasteiger partial charge in [-0.25, -0.2) is 8.42 Å². The van der Waals surface area contributed by atoms with E-state index in [4.69, 9.17) is 39.5 Å². The summed E-state index contributed by atoms with van der Waals surface area (Å²) in [5.74, 6) is -0.442. The largest absolute Gasteiger partial charge is 0.488 e. The predicted molar refractivity (Wildman–Crippen MR) is 141 cm³/mol. The summed E-state index contributed by atoms with van der Waals surface area (Å²) in [7, 11) is -2.40. The van der Waals surface area contributed by atoms with Crippen LogP contribution in [0.15, 0.2) is 69.3 Å². The molecule has 0 bridgehead atoms. The minimum absolute atomic E-state index is 0.0851. The van der Waals surface area contributed by atoms with Crippen molar-refractivity contribution in [1.82, 2.24) is 4.90 Å². The van der Waals surface area contributed by atoms with E-state index < -0.39 is 33.6 Å². The average molecular weight is 612 g/mol. The molecule has 1 aliphatic rings. The molecule has 5 nitrogen and oxygen atoms in total. The maximum atomic E-state index is 13.6. The number of likely N-dealkylation sites (N-methyl/N-ethyl adjacent to an activating group) is 1. The van der Waals surface area contributed by atoms with Crippen molar-refractivity contribution in [2.24, 2.45) is 0 Å². The zero-order valence-electron chi connectivity index (χ0n) is 19.2. The van der Waals surface area contributed by atoms with Crippen LogP contribution in [-0.4, -0.2) is 39.6 Å². The van der Waals surface area contributed by atoms with Crippen molar-refractivity contribution in [2.75, 3.05) is 24.9 Å². The molecule has 0 radical (unpaired) electrons. The Bertz CT molecular complexity index is 1400. The maximum absolute atomic E-state index is 13.6. The first kappa shape index (κ1) is 28.2. The van der Waals surface area contributed by atoms with Gasteiger partial charge < -0.3 is 9.64 Å². The van der Waals surface area contributed by atoms with Crippen LogP contribution < -0.4 is 9.46 Å². The quantitative estimate of drug-likeness (QED) is 0.297. The highest BCUT2D eigenvalue weighted by Crippen LogP contribution is 2.41. The number of alkyl halides is 3. The van der Waals surface area contributed by atoms with Crippen molar-refractivity contribution in [3.63, 3.8) is 0 Å². The monoisotopic (exact) mass is 610 g/mol. The smallest absolute Gasteiger partial charge is 0.419 e. The molecule has 1 aliphatic heterocycles. The van der Waals surface area contributed by atoms with Crippen LogP contribution in [0.5, 0.6) is 5.75 Å². The van der Waals surface area contributed by atoms with Gasteiger partial charge >= 0.3 is 6.18 Å². The Morgan fingerprint density at radius 2 is 1.73 bits per heavy atom. The Balaban J connectivity index is 1.58. The second-order valence-corrected chi connectivity index (χ2v) is 12.3. The van der Waals surface area contributed by atoms with Gasteiger partial charge in [0.05, 0.1) is 26.3 Å². The number of rotatable bonds is 7. The van der Waals surface area contributed by atoms with Crippen molar-refractivity contribution < 1.29 is 26.3 Å². The van der Waals surface area contributed by atoms with Gasteiger partial charge in [0.2, 0.25) is 0 Å². The molecular weight excluding hydrogens is 592 g/mol. The van der Waals surface area contributed by atoms with Crippen molar-refractivity contribution in [3.8, 4) is 5.75 Å². The fraction of sp³-hybridized carbons (Fsp3) is 0.250. The molecule has 1 fully saturated rings. The van der Waals surface area contributed by atoms with E-state index in [9.17, 15) is 21.6 Å². The number of hydrogen-bond acceptors (Lipinski definition) is 5. The highest BCUT2D eigenvalue weighted by atomic mass is 35.5. The molecule has 4 rings (SSSR count). The second-order valence-electron chi connectivity index (χ2n) is 8.35. The van der Waals surface area contributed by atoms with Crippen molar-refractivity contribution in [1.29, 1.82) is 0 Å². The Labute approximate surface area is 231 Å². The Morgan fingerprint density at radius 3 is 2.32 bits per heavy atom. The highest BCUT2D eigenvalue weighted by molar-refractivity contribution is 7.99. The second kappa shape index (κ2) is 11.1. The molecule has 0 amide bonds. The average Bonchev–Trinajstić information content (AvgIpc) is 3.19. The standard InChI is InChI=1S/C24H20Cl3F3N2O3S2/c1-32-10-9-15(13-32)35-21-11-14(5-7-17(21)24(28,29)30)31-37(33,34)22-8-6-16(12-20(22)27)36-23-18(25)3-2-4-19(23)26/h2-8,11-12,15,31H,9-10,13H2,1H3. The molecule has 1 N–H and O–H groups in total. The van der Waals surface area contributed by atoms with E-state index in [0.717, 1.165) is 18.2 Å². The number of likely N-dealkylation sites (tertiary alicyclic amines) is 1. The summed E-state index contributed by atoms with van der Waals surface area (Å²) in [5.41, 5.74) is -1.07. The van der Waals surface area contributed by atoms with E-state index in [1.165, 1.54) is 30.0 Å². The lowest BCUT2D eigenvalue weighted by Gasteiger charge is -2.19. The highest BCUT2D eigenvalue weighted by Gasteiger charge is 2.36. The maximum Gasteiger partial charge on any atom is 0.419 e.